The highest BCUT2D eigenvalue weighted by molar-refractivity contribution is 14.1. The molecule has 1 fully saturated rings. The van der Waals surface area contributed by atoms with E-state index in [2.05, 4.69) is 43.8 Å². The van der Waals surface area contributed by atoms with Crippen LogP contribution < -0.4 is 11.1 Å². The van der Waals surface area contributed by atoms with Crippen LogP contribution in [-0.4, -0.2) is 25.2 Å². The first-order valence-corrected chi connectivity index (χ1v) is 7.04. The molecule has 1 aliphatic heterocycles. The maximum Gasteiger partial charge on any atom is 0.231 e. The highest BCUT2D eigenvalue weighted by Crippen LogP contribution is 2.25. The zero-order valence-corrected chi connectivity index (χ0v) is 12.7. The van der Waals surface area contributed by atoms with Gasteiger partial charge in [-0.1, -0.05) is 0 Å². The molecule has 1 aliphatic rings. The van der Waals surface area contributed by atoms with Crippen molar-refractivity contribution < 1.29 is 9.53 Å². The Labute approximate surface area is 122 Å². The monoisotopic (exact) mass is 410 g/mol. The maximum atomic E-state index is 12.0. The Kier molecular flexibility index (Phi) is 4.40. The Morgan fingerprint density at radius 2 is 2.29 bits per heavy atom. The third-order valence-corrected chi connectivity index (χ3v) is 4.01. The fourth-order valence-electron chi connectivity index (χ4n) is 1.66. The minimum absolute atomic E-state index is 0.0855. The number of rotatable bonds is 2. The highest BCUT2D eigenvalue weighted by Gasteiger charge is 2.31. The summed E-state index contributed by atoms with van der Waals surface area (Å²) in [6.07, 6.45) is 0. The van der Waals surface area contributed by atoms with Gasteiger partial charge in [-0.2, -0.15) is 0 Å². The fraction of sp³-hybridized carbons (Fsp3) is 0.364. The Morgan fingerprint density at radius 1 is 1.53 bits per heavy atom. The molecule has 2 unspecified atom stereocenters. The van der Waals surface area contributed by atoms with Crippen molar-refractivity contribution in [2.45, 2.75) is 6.04 Å². The van der Waals surface area contributed by atoms with Gasteiger partial charge in [-0.05, 0) is 56.7 Å². The van der Waals surface area contributed by atoms with Crippen LogP contribution >= 0.6 is 38.5 Å². The van der Waals surface area contributed by atoms with Crippen LogP contribution in [0.15, 0.2) is 22.7 Å². The number of hydrogen-bond acceptors (Lipinski definition) is 3. The standard InChI is InChI=1S/C11H12BrIN2O2/c12-8-2-1-6(13)3-10(8)15-11(16)7-4-17-5-9(7)14/h1-3,7,9H,4-5,14H2,(H,15,16). The maximum absolute atomic E-state index is 12.0. The van der Waals surface area contributed by atoms with Crippen molar-refractivity contribution in [3.05, 3.63) is 26.2 Å². The van der Waals surface area contributed by atoms with Gasteiger partial charge >= 0.3 is 0 Å². The third-order valence-electron chi connectivity index (χ3n) is 2.65. The van der Waals surface area contributed by atoms with Gasteiger partial charge in [-0.3, -0.25) is 4.79 Å². The normalized spacial score (nSPS) is 23.7. The van der Waals surface area contributed by atoms with Crippen molar-refractivity contribution in [2.75, 3.05) is 18.5 Å². The average molecular weight is 411 g/mol. The lowest BCUT2D eigenvalue weighted by Gasteiger charge is -2.14. The summed E-state index contributed by atoms with van der Waals surface area (Å²) in [7, 11) is 0. The lowest BCUT2D eigenvalue weighted by atomic mass is 10.0. The molecule has 0 radical (unpaired) electrons. The lowest BCUT2D eigenvalue weighted by molar-refractivity contribution is -0.120. The van der Waals surface area contributed by atoms with E-state index in [0.29, 0.717) is 13.2 Å². The molecule has 4 nitrogen and oxygen atoms in total. The molecule has 1 heterocycles. The molecule has 0 bridgehead atoms. The van der Waals surface area contributed by atoms with Gasteiger partial charge in [0.2, 0.25) is 5.91 Å². The number of ether oxygens (including phenoxy) is 1. The molecule has 17 heavy (non-hydrogen) atoms. The zero-order valence-electron chi connectivity index (χ0n) is 8.95. The Hall–Kier alpha value is -0.180. The van der Waals surface area contributed by atoms with Gasteiger partial charge in [0.25, 0.3) is 0 Å². The van der Waals surface area contributed by atoms with E-state index < -0.39 is 0 Å². The van der Waals surface area contributed by atoms with Gasteiger partial charge in [-0.15, -0.1) is 0 Å². The molecule has 0 saturated carbocycles. The van der Waals surface area contributed by atoms with Gasteiger partial charge in [-0.25, -0.2) is 0 Å². The third kappa shape index (κ3) is 3.18. The second-order valence-corrected chi connectivity index (χ2v) is 6.02. The molecular formula is C11H12BrIN2O2. The fourth-order valence-corrected chi connectivity index (χ4v) is 2.50. The minimum Gasteiger partial charge on any atom is -0.379 e. The van der Waals surface area contributed by atoms with E-state index >= 15 is 0 Å². The summed E-state index contributed by atoms with van der Waals surface area (Å²) >= 11 is 5.60. The first-order chi connectivity index (χ1) is 8.08. The van der Waals surface area contributed by atoms with Crippen molar-refractivity contribution in [2.24, 2.45) is 11.7 Å². The summed E-state index contributed by atoms with van der Waals surface area (Å²) in [5.74, 6) is -0.350. The number of anilines is 1. The van der Waals surface area contributed by atoms with Gasteiger partial charge in [0, 0.05) is 14.1 Å². The number of nitrogens with two attached hydrogens (primary N) is 1. The van der Waals surface area contributed by atoms with Crippen LogP contribution in [0.1, 0.15) is 0 Å². The predicted molar refractivity (Wildman–Crippen MR) is 77.8 cm³/mol. The summed E-state index contributed by atoms with van der Waals surface area (Å²) in [4.78, 5) is 12.0. The van der Waals surface area contributed by atoms with Crippen LogP contribution in [0.25, 0.3) is 0 Å². The number of carbonyl (C=O) groups excluding carboxylic acids is 1. The lowest BCUT2D eigenvalue weighted by Crippen LogP contribution is -2.37. The summed E-state index contributed by atoms with van der Waals surface area (Å²) in [5, 5.41) is 2.87. The van der Waals surface area contributed by atoms with Gasteiger partial charge in [0.05, 0.1) is 24.8 Å². The molecule has 92 valence electrons. The second kappa shape index (κ2) is 5.64. The number of hydrogen-bond donors (Lipinski definition) is 2. The van der Waals surface area contributed by atoms with Gasteiger partial charge in [0.1, 0.15) is 0 Å². The molecule has 1 aromatic rings. The van der Waals surface area contributed by atoms with E-state index in [4.69, 9.17) is 10.5 Å². The summed E-state index contributed by atoms with van der Waals surface area (Å²) in [6.45, 7) is 0.847. The summed E-state index contributed by atoms with van der Waals surface area (Å²) < 4.78 is 7.11. The quantitative estimate of drug-likeness (QED) is 0.732. The van der Waals surface area contributed by atoms with Crippen molar-refractivity contribution in [1.82, 2.24) is 0 Å². The zero-order chi connectivity index (χ0) is 12.4. The first-order valence-electron chi connectivity index (χ1n) is 5.17. The molecule has 1 saturated heterocycles. The van der Waals surface area contributed by atoms with Gasteiger partial charge in [0.15, 0.2) is 0 Å². The van der Waals surface area contributed by atoms with Crippen LogP contribution in [0.4, 0.5) is 5.69 Å². The highest BCUT2D eigenvalue weighted by atomic mass is 127. The van der Waals surface area contributed by atoms with E-state index in [0.717, 1.165) is 13.7 Å². The van der Waals surface area contributed by atoms with Crippen LogP contribution in [0, 0.1) is 9.49 Å². The largest absolute Gasteiger partial charge is 0.379 e. The molecule has 2 atom stereocenters. The summed E-state index contributed by atoms with van der Waals surface area (Å²) in [5.41, 5.74) is 6.57. The van der Waals surface area contributed by atoms with E-state index in [1.165, 1.54) is 0 Å². The molecule has 1 amide bonds. The second-order valence-electron chi connectivity index (χ2n) is 3.92. The molecular weight excluding hydrogens is 399 g/mol. The minimum atomic E-state index is -0.264. The van der Waals surface area contributed by atoms with Crippen LogP contribution in [0.3, 0.4) is 0 Å². The van der Waals surface area contributed by atoms with Crippen LogP contribution in [0.2, 0.25) is 0 Å². The molecule has 0 spiro atoms. The molecule has 0 aromatic heterocycles. The molecule has 1 aromatic carbocycles. The van der Waals surface area contributed by atoms with E-state index in [1.54, 1.807) is 0 Å². The molecule has 6 heteroatoms. The topological polar surface area (TPSA) is 64.3 Å². The Balaban J connectivity index is 2.10. The van der Waals surface area contributed by atoms with E-state index in [1.807, 2.05) is 18.2 Å². The van der Waals surface area contributed by atoms with Gasteiger partial charge < -0.3 is 15.8 Å². The Morgan fingerprint density at radius 3 is 2.94 bits per heavy atom. The number of nitrogens with one attached hydrogen (secondary N) is 1. The van der Waals surface area contributed by atoms with E-state index in [9.17, 15) is 4.79 Å². The number of amides is 1. The van der Waals surface area contributed by atoms with Crippen molar-refractivity contribution in [3.8, 4) is 0 Å². The smallest absolute Gasteiger partial charge is 0.231 e. The molecule has 0 aliphatic carbocycles. The SMILES string of the molecule is NC1COCC1C(=O)Nc1cc(I)ccc1Br. The predicted octanol–water partition coefficient (Wildman–Crippen LogP) is 1.97. The summed E-state index contributed by atoms with van der Waals surface area (Å²) in [6, 6.07) is 5.56. The van der Waals surface area contributed by atoms with Crippen LogP contribution in [0.5, 0.6) is 0 Å². The first kappa shape index (κ1) is 13.3. The van der Waals surface area contributed by atoms with Crippen LogP contribution in [-0.2, 0) is 9.53 Å². The van der Waals surface area contributed by atoms with Crippen molar-refractivity contribution >= 4 is 50.1 Å². The molecule has 2 rings (SSSR count). The Bertz CT molecular complexity index is 441. The average Bonchev–Trinajstić information content (AvgIpc) is 2.70. The number of benzene rings is 1. The van der Waals surface area contributed by atoms with Crippen molar-refractivity contribution in [3.63, 3.8) is 0 Å². The molecule has 3 N–H and O–H groups in total. The van der Waals surface area contributed by atoms with E-state index in [-0.39, 0.29) is 17.9 Å². The van der Waals surface area contributed by atoms with Crippen molar-refractivity contribution in [1.29, 1.82) is 0 Å². The number of halogens is 2. The number of carbonyl (C=O) groups is 1.